The molecular formula is C7H7BrClKO3S. The van der Waals surface area contributed by atoms with Crippen LogP contribution in [0.25, 0.3) is 0 Å². The van der Waals surface area contributed by atoms with Crippen LogP contribution in [0.2, 0.25) is 5.02 Å². The monoisotopic (exact) mass is 324 g/mol. The summed E-state index contributed by atoms with van der Waals surface area (Å²) in [6.07, 6.45) is 1.01. The van der Waals surface area contributed by atoms with Crippen molar-refractivity contribution in [2.24, 2.45) is 0 Å². The van der Waals surface area contributed by atoms with Crippen molar-refractivity contribution in [3.8, 4) is 5.75 Å². The molecule has 0 unspecified atom stereocenters. The first kappa shape index (κ1) is 15.4. The Kier molecular flexibility index (Phi) is 6.18. The molecule has 74 valence electrons. The predicted molar refractivity (Wildman–Crippen MR) is 61.1 cm³/mol. The molecule has 1 N–H and O–H groups in total. The molecule has 1 aromatic carbocycles. The van der Waals surface area contributed by atoms with Crippen LogP contribution in [0.5, 0.6) is 5.75 Å². The normalized spacial score (nSPS) is 10.8. The fourth-order valence-electron chi connectivity index (χ4n) is 0.821. The van der Waals surface area contributed by atoms with Gasteiger partial charge in [0.05, 0.1) is 5.02 Å². The first-order chi connectivity index (χ1) is 5.84. The topological polar surface area (TPSA) is 54.4 Å². The van der Waals surface area contributed by atoms with Crippen molar-refractivity contribution in [2.75, 3.05) is 6.26 Å². The van der Waals surface area contributed by atoms with Gasteiger partial charge in [-0.05, 0) is 28.1 Å². The molecule has 0 spiro atoms. The van der Waals surface area contributed by atoms with Crippen LogP contribution in [0.4, 0.5) is 0 Å². The van der Waals surface area contributed by atoms with Crippen LogP contribution >= 0.6 is 27.5 Å². The second-order valence-corrected chi connectivity index (χ2v) is 5.70. The van der Waals surface area contributed by atoms with Gasteiger partial charge in [0, 0.05) is 10.7 Å². The van der Waals surface area contributed by atoms with E-state index in [9.17, 15) is 13.5 Å². The Bertz CT molecular complexity index is 446. The number of phenols is 1. The van der Waals surface area contributed by atoms with Crippen LogP contribution in [0, 0.1) is 0 Å². The number of hydrogen-bond acceptors (Lipinski definition) is 3. The summed E-state index contributed by atoms with van der Waals surface area (Å²) in [6.45, 7) is 0. The molecule has 3 nitrogen and oxygen atoms in total. The molecule has 0 radical (unpaired) electrons. The Labute approximate surface area is 138 Å². The van der Waals surface area contributed by atoms with Gasteiger partial charge in [0.15, 0.2) is 15.6 Å². The molecule has 1 rings (SSSR count). The van der Waals surface area contributed by atoms with Crippen LogP contribution in [0.15, 0.2) is 21.5 Å². The number of phenolic OH excluding ortho intramolecular Hbond substituents is 1. The third-order valence-electron chi connectivity index (χ3n) is 1.43. The number of halogens is 2. The summed E-state index contributed by atoms with van der Waals surface area (Å²) in [5.74, 6) is -0.418. The van der Waals surface area contributed by atoms with E-state index in [4.69, 9.17) is 11.6 Å². The fourth-order valence-corrected chi connectivity index (χ4v) is 2.13. The zero-order valence-electron chi connectivity index (χ0n) is 6.58. The zero-order valence-corrected chi connectivity index (χ0v) is 9.74. The van der Waals surface area contributed by atoms with Crippen LogP contribution in [0.1, 0.15) is 0 Å². The molecule has 0 saturated carbocycles. The molecule has 0 aliphatic rings. The fraction of sp³-hybridized carbons (Fsp3) is 0.143. The van der Waals surface area contributed by atoms with Gasteiger partial charge in [-0.3, -0.25) is 0 Å². The molecule has 7 heteroatoms. The SMILES string of the molecule is CS(=O)(=O)c1ccc(Br)c(Cl)c1O.[KH]. The summed E-state index contributed by atoms with van der Waals surface area (Å²) in [5.41, 5.74) is 0. The van der Waals surface area contributed by atoms with Crippen molar-refractivity contribution >= 4 is 88.8 Å². The number of sulfone groups is 1. The zero-order chi connectivity index (χ0) is 10.2. The van der Waals surface area contributed by atoms with Gasteiger partial charge in [-0.25, -0.2) is 8.42 Å². The summed E-state index contributed by atoms with van der Waals surface area (Å²) in [6, 6.07) is 2.76. The van der Waals surface area contributed by atoms with Crippen molar-refractivity contribution in [3.63, 3.8) is 0 Å². The van der Waals surface area contributed by atoms with Crippen molar-refractivity contribution in [1.82, 2.24) is 0 Å². The van der Waals surface area contributed by atoms with Crippen molar-refractivity contribution in [2.45, 2.75) is 4.90 Å². The molecule has 1 aromatic rings. The number of hydrogen-bond donors (Lipinski definition) is 1. The van der Waals surface area contributed by atoms with E-state index in [0.717, 1.165) is 6.26 Å². The molecule has 0 atom stereocenters. The number of aromatic hydroxyl groups is 1. The van der Waals surface area contributed by atoms with Gasteiger partial charge in [0.2, 0.25) is 0 Å². The molecule has 14 heavy (non-hydrogen) atoms. The molecule has 0 aromatic heterocycles. The summed E-state index contributed by atoms with van der Waals surface area (Å²) in [4.78, 5) is -0.166. The summed E-state index contributed by atoms with van der Waals surface area (Å²) >= 11 is 8.69. The third-order valence-corrected chi connectivity index (χ3v) is 3.83. The molecule has 0 aliphatic carbocycles. The van der Waals surface area contributed by atoms with Gasteiger partial charge in [0.25, 0.3) is 0 Å². The van der Waals surface area contributed by atoms with Crippen molar-refractivity contribution in [3.05, 3.63) is 21.6 Å². The van der Waals surface area contributed by atoms with E-state index < -0.39 is 15.6 Å². The second kappa shape index (κ2) is 5.63. The molecule has 0 heterocycles. The van der Waals surface area contributed by atoms with Crippen LogP contribution in [-0.2, 0) is 9.84 Å². The van der Waals surface area contributed by atoms with Crippen molar-refractivity contribution in [1.29, 1.82) is 0 Å². The van der Waals surface area contributed by atoms with E-state index in [-0.39, 0.29) is 61.3 Å². The Hall–Kier alpha value is 1.38. The van der Waals surface area contributed by atoms with E-state index in [0.29, 0.717) is 4.47 Å². The van der Waals surface area contributed by atoms with E-state index in [2.05, 4.69) is 15.9 Å². The maximum atomic E-state index is 11.1. The Morgan fingerprint density at radius 3 is 2.36 bits per heavy atom. The van der Waals surface area contributed by atoms with E-state index >= 15 is 0 Å². The minimum absolute atomic E-state index is 0. The number of benzene rings is 1. The third kappa shape index (κ3) is 3.45. The minimum atomic E-state index is -3.43. The van der Waals surface area contributed by atoms with Gasteiger partial charge in [-0.15, -0.1) is 0 Å². The van der Waals surface area contributed by atoms with E-state index in [1.807, 2.05) is 0 Å². The van der Waals surface area contributed by atoms with E-state index in [1.54, 1.807) is 0 Å². The Morgan fingerprint density at radius 2 is 1.93 bits per heavy atom. The van der Waals surface area contributed by atoms with Crippen LogP contribution < -0.4 is 0 Å². The standard InChI is InChI=1S/C7H6BrClO3S.K.H/c1-13(11,12)5-3-2-4(8)6(9)7(5)10;;/h2-3,10H,1H3;;. The van der Waals surface area contributed by atoms with Gasteiger partial charge in [-0.2, -0.15) is 0 Å². The molecule has 0 fully saturated rings. The quantitative estimate of drug-likeness (QED) is 0.797. The van der Waals surface area contributed by atoms with Gasteiger partial charge in [0.1, 0.15) is 4.90 Å². The molecular weight excluding hydrogens is 319 g/mol. The van der Waals surface area contributed by atoms with Gasteiger partial charge >= 0.3 is 51.4 Å². The first-order valence-corrected chi connectivity index (χ1v) is 6.27. The first-order valence-electron chi connectivity index (χ1n) is 3.21. The van der Waals surface area contributed by atoms with Crippen LogP contribution in [0.3, 0.4) is 0 Å². The average molecular weight is 326 g/mol. The van der Waals surface area contributed by atoms with Crippen molar-refractivity contribution < 1.29 is 13.5 Å². The maximum absolute atomic E-state index is 11.1. The van der Waals surface area contributed by atoms with Crippen LogP contribution in [-0.4, -0.2) is 71.2 Å². The summed E-state index contributed by atoms with van der Waals surface area (Å²) in [7, 11) is -3.43. The molecule has 0 bridgehead atoms. The number of rotatable bonds is 1. The summed E-state index contributed by atoms with van der Waals surface area (Å²) in [5, 5.41) is 9.38. The molecule has 0 amide bonds. The van der Waals surface area contributed by atoms with Gasteiger partial charge in [-0.1, -0.05) is 11.6 Å². The van der Waals surface area contributed by atoms with E-state index in [1.165, 1.54) is 12.1 Å². The second-order valence-electron chi connectivity index (χ2n) is 2.48. The molecule has 0 saturated heterocycles. The molecule has 0 aliphatic heterocycles. The average Bonchev–Trinajstić information content (AvgIpc) is 1.98. The Morgan fingerprint density at radius 1 is 1.43 bits per heavy atom. The Balaban J connectivity index is 0.00000169. The predicted octanol–water partition coefficient (Wildman–Crippen LogP) is 1.56. The van der Waals surface area contributed by atoms with Gasteiger partial charge < -0.3 is 5.11 Å². The summed E-state index contributed by atoms with van der Waals surface area (Å²) < 4.78 is 22.6.